The maximum Gasteiger partial charge on any atom is 0.123 e. The third-order valence-corrected chi connectivity index (χ3v) is 4.17. The first-order valence-corrected chi connectivity index (χ1v) is 7.39. The molecule has 0 aliphatic heterocycles. The van der Waals surface area contributed by atoms with Crippen LogP contribution in [0.1, 0.15) is 48.5 Å². The Hall–Kier alpha value is -1.33. The summed E-state index contributed by atoms with van der Waals surface area (Å²) in [4.78, 5) is 0.987. The standard InChI is InChI=1S/C15H20FN3S/c1-9-5-6-11(16)7-10(9)8-12(17)13-14(15(2,3)4)18-19-20-13/h5-7,12H,8,17H2,1-4H3. The summed E-state index contributed by atoms with van der Waals surface area (Å²) in [7, 11) is 0. The van der Waals surface area contributed by atoms with Gasteiger partial charge in [0.2, 0.25) is 0 Å². The second-order valence-electron chi connectivity index (χ2n) is 6.12. The van der Waals surface area contributed by atoms with Crippen LogP contribution in [-0.2, 0) is 11.8 Å². The molecule has 1 atom stereocenters. The Morgan fingerprint density at radius 2 is 2.05 bits per heavy atom. The lowest BCUT2D eigenvalue weighted by Gasteiger charge is -2.20. The van der Waals surface area contributed by atoms with Crippen LogP contribution in [0, 0.1) is 12.7 Å². The smallest absolute Gasteiger partial charge is 0.123 e. The zero-order chi connectivity index (χ0) is 14.9. The monoisotopic (exact) mass is 293 g/mol. The number of rotatable bonds is 3. The fraction of sp³-hybridized carbons (Fsp3) is 0.467. The van der Waals surface area contributed by atoms with Crippen molar-refractivity contribution in [2.75, 3.05) is 0 Å². The predicted molar refractivity (Wildman–Crippen MR) is 80.4 cm³/mol. The first kappa shape index (κ1) is 15.1. The van der Waals surface area contributed by atoms with E-state index in [9.17, 15) is 4.39 Å². The molecule has 0 radical (unpaired) electrons. The number of aryl methyl sites for hydroxylation is 1. The van der Waals surface area contributed by atoms with Crippen molar-refractivity contribution in [1.82, 2.24) is 9.59 Å². The van der Waals surface area contributed by atoms with Crippen LogP contribution in [-0.4, -0.2) is 9.59 Å². The van der Waals surface area contributed by atoms with E-state index in [2.05, 4.69) is 30.4 Å². The highest BCUT2D eigenvalue weighted by atomic mass is 32.1. The van der Waals surface area contributed by atoms with Crippen molar-refractivity contribution in [2.45, 2.75) is 45.6 Å². The molecule has 3 nitrogen and oxygen atoms in total. The summed E-state index contributed by atoms with van der Waals surface area (Å²) in [5.74, 6) is -0.226. The molecule has 1 aromatic carbocycles. The van der Waals surface area contributed by atoms with Crippen molar-refractivity contribution in [1.29, 1.82) is 0 Å². The minimum atomic E-state index is -0.226. The highest BCUT2D eigenvalue weighted by molar-refractivity contribution is 7.05. The number of hydrogen-bond donors (Lipinski definition) is 1. The summed E-state index contributed by atoms with van der Waals surface area (Å²) < 4.78 is 17.4. The summed E-state index contributed by atoms with van der Waals surface area (Å²) in [5.41, 5.74) is 9.13. The lowest BCUT2D eigenvalue weighted by molar-refractivity contribution is 0.549. The van der Waals surface area contributed by atoms with Gasteiger partial charge in [-0.3, -0.25) is 0 Å². The summed E-state index contributed by atoms with van der Waals surface area (Å²) in [6.45, 7) is 8.24. The molecule has 0 fully saturated rings. The third kappa shape index (κ3) is 3.22. The molecule has 2 N–H and O–H groups in total. The van der Waals surface area contributed by atoms with Crippen LogP contribution in [0.25, 0.3) is 0 Å². The molecular formula is C15H20FN3S. The van der Waals surface area contributed by atoms with E-state index in [0.717, 1.165) is 21.7 Å². The van der Waals surface area contributed by atoms with Gasteiger partial charge in [0.1, 0.15) is 5.82 Å². The average Bonchev–Trinajstić information content (AvgIpc) is 2.82. The van der Waals surface area contributed by atoms with Crippen LogP contribution < -0.4 is 5.73 Å². The van der Waals surface area contributed by atoms with Crippen LogP contribution >= 0.6 is 11.5 Å². The van der Waals surface area contributed by atoms with E-state index in [-0.39, 0.29) is 17.3 Å². The molecule has 1 heterocycles. The summed E-state index contributed by atoms with van der Waals surface area (Å²) in [6.07, 6.45) is 0.594. The quantitative estimate of drug-likeness (QED) is 0.942. The van der Waals surface area contributed by atoms with E-state index in [1.165, 1.54) is 17.6 Å². The van der Waals surface area contributed by atoms with Gasteiger partial charge in [0.15, 0.2) is 0 Å². The van der Waals surface area contributed by atoms with Crippen molar-refractivity contribution in [3.05, 3.63) is 45.7 Å². The Morgan fingerprint density at radius 1 is 1.35 bits per heavy atom. The van der Waals surface area contributed by atoms with Crippen molar-refractivity contribution in [3.63, 3.8) is 0 Å². The maximum absolute atomic E-state index is 13.3. The molecule has 1 unspecified atom stereocenters. The van der Waals surface area contributed by atoms with Crippen LogP contribution in [0.4, 0.5) is 4.39 Å². The molecule has 1 aromatic heterocycles. The fourth-order valence-corrected chi connectivity index (χ4v) is 3.01. The van der Waals surface area contributed by atoms with Crippen molar-refractivity contribution in [2.24, 2.45) is 5.73 Å². The molecular weight excluding hydrogens is 273 g/mol. The Morgan fingerprint density at radius 3 is 2.70 bits per heavy atom. The minimum absolute atomic E-state index is 0.0864. The normalized spacial score (nSPS) is 13.5. The molecule has 0 spiro atoms. The van der Waals surface area contributed by atoms with Gasteiger partial charge in [0, 0.05) is 11.5 Å². The van der Waals surface area contributed by atoms with E-state index in [1.54, 1.807) is 12.1 Å². The second-order valence-corrected chi connectivity index (χ2v) is 6.90. The Labute approximate surface area is 123 Å². The molecule has 0 bridgehead atoms. The molecule has 0 saturated carbocycles. The van der Waals surface area contributed by atoms with Crippen LogP contribution in [0.15, 0.2) is 18.2 Å². The molecule has 5 heteroatoms. The zero-order valence-electron chi connectivity index (χ0n) is 12.3. The zero-order valence-corrected chi connectivity index (χ0v) is 13.1. The molecule has 108 valence electrons. The topological polar surface area (TPSA) is 51.8 Å². The van der Waals surface area contributed by atoms with Gasteiger partial charge >= 0.3 is 0 Å². The number of hydrogen-bond acceptors (Lipinski definition) is 4. The molecule has 2 aromatic rings. The van der Waals surface area contributed by atoms with Crippen molar-refractivity contribution < 1.29 is 4.39 Å². The predicted octanol–water partition coefficient (Wildman–Crippen LogP) is 3.53. The highest BCUT2D eigenvalue weighted by Crippen LogP contribution is 2.31. The summed E-state index contributed by atoms with van der Waals surface area (Å²) in [5, 5.41) is 4.20. The van der Waals surface area contributed by atoms with E-state index < -0.39 is 0 Å². The SMILES string of the molecule is Cc1ccc(F)cc1CC(N)c1snnc1C(C)(C)C. The van der Waals surface area contributed by atoms with Gasteiger partial charge in [0.25, 0.3) is 0 Å². The summed E-state index contributed by atoms with van der Waals surface area (Å²) in [6, 6.07) is 4.61. The molecule has 0 aliphatic rings. The number of halogens is 1. The lowest BCUT2D eigenvalue weighted by atomic mass is 9.89. The molecule has 20 heavy (non-hydrogen) atoms. The largest absolute Gasteiger partial charge is 0.323 e. The molecule has 0 amide bonds. The highest BCUT2D eigenvalue weighted by Gasteiger charge is 2.25. The number of benzene rings is 1. The Balaban J connectivity index is 2.27. The molecule has 0 saturated heterocycles. The van der Waals surface area contributed by atoms with Crippen LogP contribution in [0.2, 0.25) is 0 Å². The van der Waals surface area contributed by atoms with E-state index in [4.69, 9.17) is 5.73 Å². The maximum atomic E-state index is 13.3. The van der Waals surface area contributed by atoms with E-state index >= 15 is 0 Å². The van der Waals surface area contributed by atoms with Crippen LogP contribution in [0.5, 0.6) is 0 Å². The number of nitrogens with two attached hydrogens (primary N) is 1. The third-order valence-electron chi connectivity index (χ3n) is 3.31. The summed E-state index contributed by atoms with van der Waals surface area (Å²) >= 11 is 1.33. The first-order chi connectivity index (χ1) is 9.29. The first-order valence-electron chi connectivity index (χ1n) is 6.62. The van der Waals surface area contributed by atoms with Gasteiger partial charge < -0.3 is 5.73 Å². The van der Waals surface area contributed by atoms with Gasteiger partial charge in [-0.15, -0.1) is 5.10 Å². The molecule has 2 rings (SSSR count). The lowest BCUT2D eigenvalue weighted by Crippen LogP contribution is -2.20. The Kier molecular flexibility index (Phi) is 4.20. The number of aromatic nitrogens is 2. The fourth-order valence-electron chi connectivity index (χ4n) is 2.15. The van der Waals surface area contributed by atoms with Crippen molar-refractivity contribution >= 4 is 11.5 Å². The minimum Gasteiger partial charge on any atom is -0.323 e. The number of nitrogens with zero attached hydrogens (tertiary/aromatic N) is 2. The Bertz CT molecular complexity index is 601. The van der Waals surface area contributed by atoms with Gasteiger partial charge in [-0.2, -0.15) is 0 Å². The van der Waals surface area contributed by atoms with Gasteiger partial charge in [-0.05, 0) is 48.1 Å². The second kappa shape index (κ2) is 5.58. The molecule has 0 aliphatic carbocycles. The van der Waals surface area contributed by atoms with Gasteiger partial charge in [-0.25, -0.2) is 4.39 Å². The van der Waals surface area contributed by atoms with E-state index in [0.29, 0.717) is 6.42 Å². The van der Waals surface area contributed by atoms with Gasteiger partial charge in [0.05, 0.1) is 10.6 Å². The van der Waals surface area contributed by atoms with E-state index in [1.807, 2.05) is 6.92 Å². The van der Waals surface area contributed by atoms with Gasteiger partial charge in [-0.1, -0.05) is 31.3 Å². The van der Waals surface area contributed by atoms with Crippen LogP contribution in [0.3, 0.4) is 0 Å². The average molecular weight is 293 g/mol. The van der Waals surface area contributed by atoms with Crippen molar-refractivity contribution in [3.8, 4) is 0 Å².